The molecule has 2 aliphatic rings. The number of piperidine rings is 1. The van der Waals surface area contributed by atoms with E-state index < -0.39 is 17.9 Å². The van der Waals surface area contributed by atoms with Crippen LogP contribution < -0.4 is 16.4 Å². The van der Waals surface area contributed by atoms with Crippen LogP contribution in [0.25, 0.3) is 0 Å². The van der Waals surface area contributed by atoms with Crippen molar-refractivity contribution >= 4 is 23.4 Å². The molecule has 1 aliphatic carbocycles. The minimum atomic E-state index is -0.776. The second-order valence-corrected chi connectivity index (χ2v) is 5.67. The number of hydrogen-bond donors (Lipinski definition) is 4. The molecule has 0 spiro atoms. The molecule has 1 saturated carbocycles. The van der Waals surface area contributed by atoms with E-state index >= 15 is 0 Å². The van der Waals surface area contributed by atoms with E-state index in [0.717, 1.165) is 0 Å². The number of anilines is 1. The molecule has 3 rings (SSSR count). The standard InChI is InChI=1S/C12H13N3O4.C4H8/c13-6-1-2-7(9(16)5-6)11(18)14-8-3-4-10(17)15-12(8)19;1-2-4-3-1/h1-2,5,8,16H,3-4,13H2,(H,14,18)(H,15,17,19);1-4H2. The van der Waals surface area contributed by atoms with Gasteiger partial charge in [0.2, 0.25) is 11.8 Å². The van der Waals surface area contributed by atoms with Crippen molar-refractivity contribution in [3.63, 3.8) is 0 Å². The van der Waals surface area contributed by atoms with Gasteiger partial charge in [-0.05, 0) is 18.6 Å². The molecule has 1 saturated heterocycles. The Hall–Kier alpha value is -2.57. The van der Waals surface area contributed by atoms with Crippen LogP contribution in [-0.2, 0) is 9.59 Å². The number of phenols is 1. The van der Waals surface area contributed by atoms with Gasteiger partial charge in [0.05, 0.1) is 5.56 Å². The molecule has 1 aromatic carbocycles. The largest absolute Gasteiger partial charge is 0.507 e. The molecule has 5 N–H and O–H groups in total. The number of aromatic hydroxyl groups is 1. The minimum absolute atomic E-state index is 0.0268. The van der Waals surface area contributed by atoms with Crippen molar-refractivity contribution in [3.8, 4) is 5.75 Å². The van der Waals surface area contributed by atoms with E-state index in [-0.39, 0.29) is 30.1 Å². The van der Waals surface area contributed by atoms with Gasteiger partial charge in [-0.15, -0.1) is 0 Å². The Labute approximate surface area is 134 Å². The Balaban J connectivity index is 0.000000417. The number of nitrogens with two attached hydrogens (primary N) is 1. The highest BCUT2D eigenvalue weighted by Crippen LogP contribution is 2.20. The lowest BCUT2D eigenvalue weighted by Gasteiger charge is -2.21. The minimum Gasteiger partial charge on any atom is -0.507 e. The predicted molar refractivity (Wildman–Crippen MR) is 84.6 cm³/mol. The number of carbonyl (C=O) groups is 3. The summed E-state index contributed by atoms with van der Waals surface area (Å²) in [5.74, 6) is -1.75. The zero-order valence-electron chi connectivity index (χ0n) is 12.8. The van der Waals surface area contributed by atoms with E-state index in [1.54, 1.807) is 0 Å². The van der Waals surface area contributed by atoms with Gasteiger partial charge < -0.3 is 16.2 Å². The number of phenolic OH excluding ortho intramolecular Hbond substituents is 1. The zero-order valence-corrected chi connectivity index (χ0v) is 12.8. The summed E-state index contributed by atoms with van der Waals surface area (Å²) in [6.45, 7) is 0. The molecule has 1 unspecified atom stereocenters. The molecule has 1 aromatic rings. The van der Waals surface area contributed by atoms with Gasteiger partial charge in [-0.2, -0.15) is 0 Å². The number of nitrogen functional groups attached to an aromatic ring is 1. The number of rotatable bonds is 2. The molecule has 3 amide bonds. The highest BCUT2D eigenvalue weighted by atomic mass is 16.3. The van der Waals surface area contributed by atoms with Gasteiger partial charge in [0.25, 0.3) is 5.91 Å². The first kappa shape index (κ1) is 16.8. The Morgan fingerprint density at radius 3 is 2.39 bits per heavy atom. The van der Waals surface area contributed by atoms with Crippen molar-refractivity contribution in [2.75, 3.05) is 5.73 Å². The maximum atomic E-state index is 11.9. The van der Waals surface area contributed by atoms with Crippen LogP contribution in [0.15, 0.2) is 18.2 Å². The summed E-state index contributed by atoms with van der Waals surface area (Å²) in [6.07, 6.45) is 6.41. The van der Waals surface area contributed by atoms with E-state index in [2.05, 4.69) is 10.6 Å². The molecular weight excluding hydrogens is 298 g/mol. The molecule has 0 bridgehead atoms. The Morgan fingerprint density at radius 2 is 1.87 bits per heavy atom. The maximum absolute atomic E-state index is 11.9. The second kappa shape index (κ2) is 7.62. The van der Waals surface area contributed by atoms with Crippen molar-refractivity contribution in [2.24, 2.45) is 0 Å². The number of benzene rings is 1. The lowest BCUT2D eigenvalue weighted by Crippen LogP contribution is -2.52. The quantitative estimate of drug-likeness (QED) is 0.480. The van der Waals surface area contributed by atoms with Crippen LogP contribution in [0.5, 0.6) is 5.75 Å². The number of carbonyl (C=O) groups excluding carboxylic acids is 3. The normalized spacial score (nSPS) is 19.7. The summed E-state index contributed by atoms with van der Waals surface area (Å²) < 4.78 is 0. The van der Waals surface area contributed by atoms with Crippen LogP contribution in [0.1, 0.15) is 48.9 Å². The van der Waals surface area contributed by atoms with Crippen LogP contribution in [0.3, 0.4) is 0 Å². The van der Waals surface area contributed by atoms with Gasteiger partial charge in [0.1, 0.15) is 11.8 Å². The molecule has 7 nitrogen and oxygen atoms in total. The third-order valence-electron chi connectivity index (χ3n) is 3.81. The molecule has 1 heterocycles. The Kier molecular flexibility index (Phi) is 5.56. The van der Waals surface area contributed by atoms with Gasteiger partial charge in [-0.25, -0.2) is 0 Å². The fourth-order valence-corrected chi connectivity index (χ4v) is 2.06. The van der Waals surface area contributed by atoms with Gasteiger partial charge in [0.15, 0.2) is 0 Å². The molecule has 0 radical (unpaired) electrons. The van der Waals surface area contributed by atoms with Gasteiger partial charge in [0, 0.05) is 18.2 Å². The van der Waals surface area contributed by atoms with Crippen LogP contribution in [-0.4, -0.2) is 28.9 Å². The predicted octanol–water partition coefficient (Wildman–Crippen LogP) is 1.07. The average Bonchev–Trinajstić information content (AvgIpc) is 2.40. The summed E-state index contributed by atoms with van der Waals surface area (Å²) in [4.78, 5) is 34.3. The molecule has 1 atom stereocenters. The summed E-state index contributed by atoms with van der Waals surface area (Å²) in [7, 11) is 0. The number of amides is 3. The highest BCUT2D eigenvalue weighted by Gasteiger charge is 2.28. The fraction of sp³-hybridized carbons (Fsp3) is 0.438. The SMILES string of the molecule is C1CCC1.Nc1ccc(C(=O)NC2CCC(=O)NC2=O)c(O)c1. The lowest BCUT2D eigenvalue weighted by atomic mass is 10.0. The summed E-state index contributed by atoms with van der Waals surface area (Å²) in [5.41, 5.74) is 5.81. The van der Waals surface area contributed by atoms with Crippen molar-refractivity contribution in [1.29, 1.82) is 0 Å². The van der Waals surface area contributed by atoms with Crippen LogP contribution in [0.2, 0.25) is 0 Å². The van der Waals surface area contributed by atoms with Gasteiger partial charge >= 0.3 is 0 Å². The zero-order chi connectivity index (χ0) is 16.8. The highest BCUT2D eigenvalue weighted by molar-refractivity contribution is 6.04. The smallest absolute Gasteiger partial charge is 0.255 e. The van der Waals surface area contributed by atoms with Crippen molar-refractivity contribution in [3.05, 3.63) is 23.8 Å². The molecule has 2 fully saturated rings. The van der Waals surface area contributed by atoms with Crippen molar-refractivity contribution in [1.82, 2.24) is 10.6 Å². The monoisotopic (exact) mass is 319 g/mol. The van der Waals surface area contributed by atoms with Gasteiger partial charge in [-0.1, -0.05) is 25.7 Å². The lowest BCUT2D eigenvalue weighted by molar-refractivity contribution is -0.134. The van der Waals surface area contributed by atoms with E-state index in [0.29, 0.717) is 5.69 Å². The van der Waals surface area contributed by atoms with Crippen LogP contribution >= 0.6 is 0 Å². The van der Waals surface area contributed by atoms with Crippen LogP contribution in [0.4, 0.5) is 5.69 Å². The molecule has 0 aromatic heterocycles. The third-order valence-corrected chi connectivity index (χ3v) is 3.81. The molecule has 124 valence electrons. The molecule has 23 heavy (non-hydrogen) atoms. The molecule has 7 heteroatoms. The van der Waals surface area contributed by atoms with Crippen LogP contribution in [0, 0.1) is 0 Å². The summed E-state index contributed by atoms with van der Waals surface area (Å²) in [6, 6.07) is 3.31. The third kappa shape index (κ3) is 4.70. The van der Waals surface area contributed by atoms with E-state index in [1.807, 2.05) is 0 Å². The maximum Gasteiger partial charge on any atom is 0.255 e. The summed E-state index contributed by atoms with van der Waals surface area (Å²) >= 11 is 0. The van der Waals surface area contributed by atoms with Crippen molar-refractivity contribution < 1.29 is 19.5 Å². The topological polar surface area (TPSA) is 122 Å². The van der Waals surface area contributed by atoms with E-state index in [9.17, 15) is 19.5 Å². The molecule has 1 aliphatic heterocycles. The molecular formula is C16H21N3O4. The first-order chi connectivity index (χ1) is 11.0. The first-order valence-electron chi connectivity index (χ1n) is 7.70. The fourth-order valence-electron chi connectivity index (χ4n) is 2.06. The van der Waals surface area contributed by atoms with E-state index in [4.69, 9.17) is 5.73 Å². The second-order valence-electron chi connectivity index (χ2n) is 5.67. The van der Waals surface area contributed by atoms with E-state index in [1.165, 1.54) is 43.9 Å². The Morgan fingerprint density at radius 1 is 1.22 bits per heavy atom. The number of imide groups is 1. The van der Waals surface area contributed by atoms with Crippen molar-refractivity contribution in [2.45, 2.75) is 44.6 Å². The first-order valence-corrected chi connectivity index (χ1v) is 7.70. The number of hydrogen-bond acceptors (Lipinski definition) is 5. The van der Waals surface area contributed by atoms with Gasteiger partial charge in [-0.3, -0.25) is 19.7 Å². The summed E-state index contributed by atoms with van der Waals surface area (Å²) in [5, 5.41) is 14.2. The average molecular weight is 319 g/mol. The number of nitrogens with one attached hydrogen (secondary N) is 2. The Bertz CT molecular complexity index is 607.